The molecule has 0 aliphatic carbocycles. The van der Waals surface area contributed by atoms with E-state index in [4.69, 9.17) is 4.42 Å². The average Bonchev–Trinajstić information content (AvgIpc) is 3.35. The lowest BCUT2D eigenvalue weighted by molar-refractivity contribution is 0.0955. The molecular formula is C25H17N5O3. The van der Waals surface area contributed by atoms with Crippen LogP contribution in [-0.4, -0.2) is 32.4 Å². The van der Waals surface area contributed by atoms with Gasteiger partial charge < -0.3 is 9.52 Å². The number of phenols is 1. The van der Waals surface area contributed by atoms with Crippen molar-refractivity contribution in [3.05, 3.63) is 96.2 Å². The van der Waals surface area contributed by atoms with Gasteiger partial charge in [-0.25, -0.2) is 5.43 Å². The van der Waals surface area contributed by atoms with Crippen LogP contribution in [-0.2, 0) is 0 Å². The Bertz CT molecular complexity index is 1460. The number of nitrogens with one attached hydrogen (secondary N) is 1. The molecule has 5 rings (SSSR count). The molecule has 2 aromatic heterocycles. The molecule has 0 radical (unpaired) electrons. The maximum Gasteiger partial charge on any atom is 0.271 e. The Morgan fingerprint density at radius 2 is 1.64 bits per heavy atom. The zero-order chi connectivity index (χ0) is 22.6. The highest BCUT2D eigenvalue weighted by Gasteiger charge is 2.12. The van der Waals surface area contributed by atoms with Gasteiger partial charge in [-0.3, -0.25) is 9.78 Å². The van der Waals surface area contributed by atoms with Gasteiger partial charge in [0.05, 0.1) is 11.7 Å². The minimum Gasteiger partial charge on any atom is -0.508 e. The largest absolute Gasteiger partial charge is 0.508 e. The van der Waals surface area contributed by atoms with E-state index in [1.54, 1.807) is 54.7 Å². The zero-order valence-electron chi connectivity index (χ0n) is 17.2. The fourth-order valence-electron chi connectivity index (χ4n) is 3.22. The second-order valence-corrected chi connectivity index (χ2v) is 7.19. The molecule has 0 atom stereocenters. The molecule has 160 valence electrons. The third-order valence-corrected chi connectivity index (χ3v) is 4.94. The number of pyridine rings is 1. The van der Waals surface area contributed by atoms with Crippen molar-refractivity contribution in [1.29, 1.82) is 0 Å². The molecule has 0 spiro atoms. The molecule has 2 heterocycles. The van der Waals surface area contributed by atoms with E-state index in [0.717, 1.165) is 22.0 Å². The summed E-state index contributed by atoms with van der Waals surface area (Å²) < 4.78 is 5.84. The monoisotopic (exact) mass is 435 g/mol. The lowest BCUT2D eigenvalue weighted by Gasteiger charge is -2.01. The summed E-state index contributed by atoms with van der Waals surface area (Å²) in [6, 6.07) is 22.9. The molecule has 0 saturated carbocycles. The third kappa shape index (κ3) is 4.45. The fraction of sp³-hybridized carbons (Fsp3) is 0. The van der Waals surface area contributed by atoms with Crippen LogP contribution >= 0.6 is 0 Å². The minimum absolute atomic E-state index is 0.166. The Hall–Kier alpha value is -4.85. The van der Waals surface area contributed by atoms with Crippen LogP contribution in [0.3, 0.4) is 0 Å². The summed E-state index contributed by atoms with van der Waals surface area (Å²) in [6.45, 7) is 0. The first-order chi connectivity index (χ1) is 16.2. The number of hydrazone groups is 1. The Balaban J connectivity index is 1.27. The van der Waals surface area contributed by atoms with E-state index < -0.39 is 0 Å². The first-order valence-electron chi connectivity index (χ1n) is 10.1. The molecule has 0 bridgehead atoms. The maximum atomic E-state index is 12.3. The number of phenolic OH excluding ortho intramolecular Hbond substituents is 1. The van der Waals surface area contributed by atoms with Gasteiger partial charge in [-0.15, -0.1) is 10.2 Å². The van der Waals surface area contributed by atoms with Crippen LogP contribution in [0.1, 0.15) is 15.9 Å². The predicted octanol–water partition coefficient (Wildman–Crippen LogP) is 4.42. The molecule has 3 aromatic carbocycles. The predicted molar refractivity (Wildman–Crippen MR) is 124 cm³/mol. The number of fused-ring (bicyclic) bond motifs is 1. The maximum absolute atomic E-state index is 12.3. The van der Waals surface area contributed by atoms with Crippen LogP contribution in [0.25, 0.3) is 33.8 Å². The van der Waals surface area contributed by atoms with Crippen molar-refractivity contribution < 1.29 is 14.3 Å². The van der Waals surface area contributed by atoms with Crippen molar-refractivity contribution in [2.75, 3.05) is 0 Å². The smallest absolute Gasteiger partial charge is 0.271 e. The number of aromatic hydroxyl groups is 1. The van der Waals surface area contributed by atoms with E-state index >= 15 is 0 Å². The van der Waals surface area contributed by atoms with Gasteiger partial charge in [0.25, 0.3) is 5.91 Å². The molecule has 0 saturated heterocycles. The zero-order valence-corrected chi connectivity index (χ0v) is 17.2. The molecule has 8 nitrogen and oxygen atoms in total. The molecule has 1 amide bonds. The summed E-state index contributed by atoms with van der Waals surface area (Å²) in [4.78, 5) is 16.6. The average molecular weight is 435 g/mol. The third-order valence-electron chi connectivity index (χ3n) is 4.94. The number of hydrogen-bond acceptors (Lipinski definition) is 7. The van der Waals surface area contributed by atoms with Gasteiger partial charge in [-0.1, -0.05) is 6.07 Å². The van der Waals surface area contributed by atoms with Crippen LogP contribution in [0, 0.1) is 0 Å². The number of hydrogen-bond donors (Lipinski definition) is 2. The summed E-state index contributed by atoms with van der Waals surface area (Å²) in [5.74, 6) is 0.571. The number of carbonyl (C=O) groups is 1. The molecule has 0 aliphatic rings. The second kappa shape index (κ2) is 8.72. The van der Waals surface area contributed by atoms with Crippen molar-refractivity contribution in [2.45, 2.75) is 0 Å². The Kier molecular flexibility index (Phi) is 5.30. The fourth-order valence-corrected chi connectivity index (χ4v) is 3.22. The lowest BCUT2D eigenvalue weighted by atomic mass is 10.1. The van der Waals surface area contributed by atoms with Crippen LogP contribution < -0.4 is 5.43 Å². The highest BCUT2D eigenvalue weighted by atomic mass is 16.4. The molecule has 5 aromatic rings. The van der Waals surface area contributed by atoms with E-state index in [1.165, 1.54) is 6.21 Å². The summed E-state index contributed by atoms with van der Waals surface area (Å²) in [7, 11) is 0. The van der Waals surface area contributed by atoms with Gasteiger partial charge in [0.1, 0.15) is 5.75 Å². The molecule has 0 aliphatic heterocycles. The van der Waals surface area contributed by atoms with E-state index in [9.17, 15) is 9.90 Å². The van der Waals surface area contributed by atoms with Crippen LogP contribution in [0.2, 0.25) is 0 Å². The molecule has 0 unspecified atom stereocenters. The van der Waals surface area contributed by atoms with E-state index in [-0.39, 0.29) is 11.7 Å². The van der Waals surface area contributed by atoms with Gasteiger partial charge in [0.2, 0.25) is 11.8 Å². The van der Waals surface area contributed by atoms with Crippen molar-refractivity contribution in [2.24, 2.45) is 5.10 Å². The number of amides is 1. The highest BCUT2D eigenvalue weighted by Crippen LogP contribution is 2.26. The van der Waals surface area contributed by atoms with Crippen molar-refractivity contribution in [1.82, 2.24) is 20.6 Å². The quantitative estimate of drug-likeness (QED) is 0.312. The minimum atomic E-state index is -0.354. The molecule has 33 heavy (non-hydrogen) atoms. The van der Waals surface area contributed by atoms with E-state index in [2.05, 4.69) is 25.7 Å². The highest BCUT2D eigenvalue weighted by molar-refractivity contribution is 5.95. The van der Waals surface area contributed by atoms with Crippen LogP contribution in [0.5, 0.6) is 5.75 Å². The number of nitrogens with zero attached hydrogens (tertiary/aromatic N) is 4. The topological polar surface area (TPSA) is 114 Å². The van der Waals surface area contributed by atoms with Gasteiger partial charge in [-0.2, -0.15) is 5.10 Å². The van der Waals surface area contributed by atoms with E-state index in [1.807, 2.05) is 30.3 Å². The molecular weight excluding hydrogens is 418 g/mol. The Morgan fingerprint density at radius 1 is 0.909 bits per heavy atom. The normalized spacial score (nSPS) is 11.2. The van der Waals surface area contributed by atoms with Gasteiger partial charge in [-0.05, 0) is 78.4 Å². The summed E-state index contributed by atoms with van der Waals surface area (Å²) >= 11 is 0. The summed E-state index contributed by atoms with van der Waals surface area (Å²) in [6.07, 6.45) is 3.24. The summed E-state index contributed by atoms with van der Waals surface area (Å²) in [5, 5.41) is 22.5. The van der Waals surface area contributed by atoms with Crippen LogP contribution in [0.4, 0.5) is 0 Å². The first kappa shape index (κ1) is 20.1. The molecule has 2 N–H and O–H groups in total. The van der Waals surface area contributed by atoms with Crippen molar-refractivity contribution in [3.63, 3.8) is 0 Å². The SMILES string of the molecule is O=C(N/N=C/c1ccc(O)cc1)c1ccc(-c2nnc(-c3ccc4ncccc4c3)o2)cc1. The van der Waals surface area contributed by atoms with Gasteiger partial charge in [0, 0.05) is 28.3 Å². The second-order valence-electron chi connectivity index (χ2n) is 7.19. The number of carbonyl (C=O) groups excluding carboxylic acids is 1. The number of rotatable bonds is 5. The number of benzene rings is 3. The van der Waals surface area contributed by atoms with Crippen molar-refractivity contribution >= 4 is 23.0 Å². The first-order valence-corrected chi connectivity index (χ1v) is 10.1. The Morgan fingerprint density at radius 3 is 2.42 bits per heavy atom. The summed E-state index contributed by atoms with van der Waals surface area (Å²) in [5.41, 5.74) is 6.04. The van der Waals surface area contributed by atoms with Gasteiger partial charge >= 0.3 is 0 Å². The van der Waals surface area contributed by atoms with E-state index in [0.29, 0.717) is 22.9 Å². The number of aromatic nitrogens is 3. The van der Waals surface area contributed by atoms with Crippen LogP contribution in [0.15, 0.2) is 94.6 Å². The van der Waals surface area contributed by atoms with Crippen molar-refractivity contribution in [3.8, 4) is 28.7 Å². The standard InChI is InChI=1S/C25H17N5O3/c31-21-10-3-16(4-11-21)15-27-28-23(32)17-5-7-18(8-6-17)24-29-30-25(33-24)20-9-12-22-19(14-20)2-1-13-26-22/h1-15,31H,(H,28,32)/b27-15+. The molecule has 8 heteroatoms. The molecule has 0 fully saturated rings. The lowest BCUT2D eigenvalue weighted by Crippen LogP contribution is -2.17. The Labute approximate surface area is 188 Å². The van der Waals surface area contributed by atoms with Gasteiger partial charge in [0.15, 0.2) is 0 Å².